The second-order valence-electron chi connectivity index (χ2n) is 4.45. The molecule has 0 aliphatic rings. The summed E-state index contributed by atoms with van der Waals surface area (Å²) in [4.78, 5) is 36.4. The third kappa shape index (κ3) is 4.92. The molecule has 0 amide bonds. The quantitative estimate of drug-likeness (QED) is 0.249. The molecule has 1 aromatic rings. The van der Waals surface area contributed by atoms with E-state index < -0.39 is 17.9 Å². The molecule has 126 valence electrons. The van der Waals surface area contributed by atoms with Gasteiger partial charge in [-0.05, 0) is 38.1 Å². The monoisotopic (exact) mass is 340 g/mol. The maximum atomic E-state index is 11.9. The first kappa shape index (κ1) is 18.9. The van der Waals surface area contributed by atoms with E-state index in [0.29, 0.717) is 11.1 Å². The molecule has 0 spiro atoms. The Labute approximate surface area is 139 Å². The Morgan fingerprint density at radius 3 is 2.17 bits per heavy atom. The number of hydrogen-bond acceptors (Lipinski definition) is 7. The van der Waals surface area contributed by atoms with Gasteiger partial charge in [-0.25, -0.2) is 14.4 Å². The number of hydrogen-bond donors (Lipinski definition) is 0. The number of aryl methyl sites for hydroxylation is 1. The highest BCUT2D eigenvalue weighted by molar-refractivity contribution is 7.10. The molecule has 1 rings (SSSR count). The molecule has 0 aromatic carbocycles. The summed E-state index contributed by atoms with van der Waals surface area (Å²) in [6.45, 7) is 5.42. The fourth-order valence-electron chi connectivity index (χ4n) is 1.91. The van der Waals surface area contributed by atoms with Gasteiger partial charge in [-0.1, -0.05) is 6.08 Å². The highest BCUT2D eigenvalue weighted by Gasteiger charge is 2.22. The summed E-state index contributed by atoms with van der Waals surface area (Å²) in [5, 5.41) is 1.80. The zero-order valence-electron chi connectivity index (χ0n) is 13.6. The SMILES string of the molecule is CCOC(=O)C(=CCc1csc(C)c1C(=O)OC)C(=O)OCC. The summed E-state index contributed by atoms with van der Waals surface area (Å²) in [5.41, 5.74) is 0.972. The zero-order valence-corrected chi connectivity index (χ0v) is 14.5. The molecular formula is C16H20O6S. The Hall–Kier alpha value is -2.15. The Morgan fingerprint density at radius 1 is 1.13 bits per heavy atom. The van der Waals surface area contributed by atoms with Crippen molar-refractivity contribution in [2.75, 3.05) is 20.3 Å². The van der Waals surface area contributed by atoms with E-state index in [1.54, 1.807) is 19.2 Å². The number of ether oxygens (including phenoxy) is 3. The smallest absolute Gasteiger partial charge is 0.345 e. The van der Waals surface area contributed by atoms with Crippen molar-refractivity contribution in [3.63, 3.8) is 0 Å². The van der Waals surface area contributed by atoms with Gasteiger partial charge in [0.1, 0.15) is 5.57 Å². The minimum absolute atomic E-state index is 0.153. The molecule has 1 aromatic heterocycles. The van der Waals surface area contributed by atoms with Crippen LogP contribution in [0.15, 0.2) is 17.0 Å². The van der Waals surface area contributed by atoms with Gasteiger partial charge in [-0.2, -0.15) is 0 Å². The van der Waals surface area contributed by atoms with Gasteiger partial charge in [0.2, 0.25) is 0 Å². The van der Waals surface area contributed by atoms with E-state index in [1.807, 2.05) is 6.92 Å². The minimum Gasteiger partial charge on any atom is -0.465 e. The van der Waals surface area contributed by atoms with E-state index in [2.05, 4.69) is 0 Å². The van der Waals surface area contributed by atoms with Gasteiger partial charge < -0.3 is 14.2 Å². The van der Waals surface area contributed by atoms with Gasteiger partial charge >= 0.3 is 17.9 Å². The molecule has 0 radical (unpaired) electrons. The van der Waals surface area contributed by atoms with Gasteiger partial charge in [0.25, 0.3) is 0 Å². The molecule has 0 unspecified atom stereocenters. The molecule has 7 heteroatoms. The van der Waals surface area contributed by atoms with Gasteiger partial charge in [0, 0.05) is 4.88 Å². The zero-order chi connectivity index (χ0) is 17.4. The largest absolute Gasteiger partial charge is 0.465 e. The van der Waals surface area contributed by atoms with Gasteiger partial charge in [0.05, 0.1) is 25.9 Å². The molecule has 0 aliphatic heterocycles. The van der Waals surface area contributed by atoms with Gasteiger partial charge in [-0.3, -0.25) is 0 Å². The lowest BCUT2D eigenvalue weighted by atomic mass is 10.1. The van der Waals surface area contributed by atoms with Crippen LogP contribution in [0.1, 0.15) is 34.6 Å². The number of carbonyl (C=O) groups is 3. The number of allylic oxidation sites excluding steroid dienone is 1. The standard InChI is InChI=1S/C16H20O6S/c1-5-21-14(17)12(15(18)22-6-2)8-7-11-9-23-10(3)13(11)16(19)20-4/h8-9H,5-7H2,1-4H3. The third-order valence-corrected chi connectivity index (χ3v) is 3.92. The second kappa shape index (κ2) is 9.09. The van der Waals surface area contributed by atoms with Gasteiger partial charge in [0.15, 0.2) is 0 Å². The van der Waals surface area contributed by atoms with E-state index in [4.69, 9.17) is 14.2 Å². The van der Waals surface area contributed by atoms with E-state index in [-0.39, 0.29) is 25.2 Å². The van der Waals surface area contributed by atoms with Crippen LogP contribution < -0.4 is 0 Å². The average molecular weight is 340 g/mol. The predicted molar refractivity (Wildman–Crippen MR) is 85.4 cm³/mol. The Morgan fingerprint density at radius 2 is 1.70 bits per heavy atom. The van der Waals surface area contributed by atoms with Crippen LogP contribution in [-0.4, -0.2) is 38.2 Å². The van der Waals surface area contributed by atoms with Crippen molar-refractivity contribution in [3.8, 4) is 0 Å². The number of rotatable bonds is 7. The molecule has 0 fully saturated rings. The molecule has 0 aliphatic carbocycles. The van der Waals surface area contributed by atoms with Crippen molar-refractivity contribution in [1.29, 1.82) is 0 Å². The Kier molecular flexibility index (Phi) is 7.47. The van der Waals surface area contributed by atoms with E-state index in [0.717, 1.165) is 4.88 Å². The lowest BCUT2D eigenvalue weighted by Gasteiger charge is -2.07. The molecular weight excluding hydrogens is 320 g/mol. The molecule has 0 bridgehead atoms. The molecule has 0 saturated heterocycles. The van der Waals surface area contributed by atoms with Crippen molar-refractivity contribution < 1.29 is 28.6 Å². The molecule has 0 saturated carbocycles. The summed E-state index contributed by atoms with van der Waals surface area (Å²) in [6, 6.07) is 0. The number of carbonyl (C=O) groups excluding carboxylic acids is 3. The van der Waals surface area contributed by atoms with Crippen LogP contribution in [0.4, 0.5) is 0 Å². The highest BCUT2D eigenvalue weighted by Crippen LogP contribution is 2.24. The molecule has 23 heavy (non-hydrogen) atoms. The fourth-order valence-corrected chi connectivity index (χ4v) is 2.78. The molecule has 0 atom stereocenters. The van der Waals surface area contributed by atoms with Crippen molar-refractivity contribution in [3.05, 3.63) is 33.0 Å². The van der Waals surface area contributed by atoms with Crippen LogP contribution in [0.5, 0.6) is 0 Å². The molecule has 1 heterocycles. The first-order valence-electron chi connectivity index (χ1n) is 7.15. The predicted octanol–water partition coefficient (Wildman–Crippen LogP) is 2.44. The normalized spacial score (nSPS) is 9.91. The van der Waals surface area contributed by atoms with Crippen molar-refractivity contribution in [2.24, 2.45) is 0 Å². The maximum Gasteiger partial charge on any atom is 0.345 e. The summed E-state index contributed by atoms with van der Waals surface area (Å²) in [7, 11) is 1.31. The molecule has 0 N–H and O–H groups in total. The summed E-state index contributed by atoms with van der Waals surface area (Å²) in [6.07, 6.45) is 1.64. The topological polar surface area (TPSA) is 78.9 Å². The van der Waals surface area contributed by atoms with Crippen LogP contribution >= 0.6 is 11.3 Å². The van der Waals surface area contributed by atoms with Crippen LogP contribution in [0.2, 0.25) is 0 Å². The van der Waals surface area contributed by atoms with Crippen molar-refractivity contribution in [1.82, 2.24) is 0 Å². The van der Waals surface area contributed by atoms with E-state index in [1.165, 1.54) is 24.5 Å². The summed E-state index contributed by atoms with van der Waals surface area (Å²) < 4.78 is 14.5. The Bertz CT molecular complexity index is 594. The first-order chi connectivity index (χ1) is 11.0. The average Bonchev–Trinajstić information content (AvgIpc) is 2.88. The van der Waals surface area contributed by atoms with Crippen LogP contribution in [-0.2, 0) is 30.2 Å². The van der Waals surface area contributed by atoms with Crippen LogP contribution in [0.25, 0.3) is 0 Å². The molecule has 6 nitrogen and oxygen atoms in total. The maximum absolute atomic E-state index is 11.9. The van der Waals surface area contributed by atoms with Crippen LogP contribution in [0, 0.1) is 6.92 Å². The third-order valence-electron chi connectivity index (χ3n) is 2.96. The van der Waals surface area contributed by atoms with Gasteiger partial charge in [-0.15, -0.1) is 11.3 Å². The second-order valence-corrected chi connectivity index (χ2v) is 5.53. The highest BCUT2D eigenvalue weighted by atomic mass is 32.1. The van der Waals surface area contributed by atoms with Crippen molar-refractivity contribution in [2.45, 2.75) is 27.2 Å². The van der Waals surface area contributed by atoms with Crippen LogP contribution in [0.3, 0.4) is 0 Å². The number of esters is 3. The number of thiophene rings is 1. The number of methoxy groups -OCH3 is 1. The first-order valence-corrected chi connectivity index (χ1v) is 8.03. The van der Waals surface area contributed by atoms with E-state index >= 15 is 0 Å². The fraction of sp³-hybridized carbons (Fsp3) is 0.438. The Balaban J connectivity index is 3.08. The minimum atomic E-state index is -0.738. The summed E-state index contributed by atoms with van der Waals surface area (Å²) >= 11 is 1.40. The lowest BCUT2D eigenvalue weighted by molar-refractivity contribution is -0.146. The lowest BCUT2D eigenvalue weighted by Crippen LogP contribution is -2.18. The van der Waals surface area contributed by atoms with Crippen molar-refractivity contribution >= 4 is 29.2 Å². The summed E-state index contributed by atoms with van der Waals surface area (Å²) in [5.74, 6) is -1.92. The van der Waals surface area contributed by atoms with E-state index in [9.17, 15) is 14.4 Å².